The molecule has 0 aromatic carbocycles. The minimum absolute atomic E-state index is 0.157. The van der Waals surface area contributed by atoms with Crippen molar-refractivity contribution in [2.75, 3.05) is 10.6 Å². The molecule has 1 atom stereocenters. The van der Waals surface area contributed by atoms with Crippen LogP contribution in [0.5, 0.6) is 0 Å². The van der Waals surface area contributed by atoms with Crippen LogP contribution in [-0.2, 0) is 6.54 Å². The van der Waals surface area contributed by atoms with Gasteiger partial charge in [-0.2, -0.15) is 4.98 Å². The predicted octanol–water partition coefficient (Wildman–Crippen LogP) is 4.05. The Balaban J connectivity index is 1.98. The first-order valence-electron chi connectivity index (χ1n) is 9.81. The molecule has 0 saturated heterocycles. The number of H-pyrrole nitrogens is 1. The second-order valence-corrected chi connectivity index (χ2v) is 7.95. The maximum Gasteiger partial charge on any atom is 0.225 e. The number of anilines is 2. The highest BCUT2D eigenvalue weighted by Crippen LogP contribution is 2.29. The zero-order valence-electron chi connectivity index (χ0n) is 17.2. The van der Waals surface area contributed by atoms with Crippen LogP contribution in [0.2, 0.25) is 0 Å². The Hall–Kier alpha value is -2.67. The van der Waals surface area contributed by atoms with E-state index in [4.69, 9.17) is 4.98 Å². The molecule has 4 N–H and O–H groups in total. The van der Waals surface area contributed by atoms with Gasteiger partial charge >= 0.3 is 0 Å². The number of nitrogens with one attached hydrogen (secondary N) is 3. The van der Waals surface area contributed by atoms with Gasteiger partial charge in [0.2, 0.25) is 5.95 Å². The first-order chi connectivity index (χ1) is 13.3. The molecule has 7 nitrogen and oxygen atoms in total. The Morgan fingerprint density at radius 1 is 1.21 bits per heavy atom. The molecule has 0 aliphatic rings. The molecule has 0 fully saturated rings. The third-order valence-electron chi connectivity index (χ3n) is 4.90. The topological polar surface area (TPSA) is 98.8 Å². The molecule has 3 heterocycles. The number of hydrogen-bond donors (Lipinski definition) is 4. The minimum atomic E-state index is -0.881. The third kappa shape index (κ3) is 4.42. The summed E-state index contributed by atoms with van der Waals surface area (Å²) in [5.74, 6) is 1.55. The van der Waals surface area contributed by atoms with Gasteiger partial charge in [-0.15, -0.1) is 0 Å². The van der Waals surface area contributed by atoms with Crippen molar-refractivity contribution in [1.29, 1.82) is 0 Å². The number of rotatable bonds is 8. The SMILES string of the molecule is CC[C@H](Nc1nc(NCc2ccccn2)c2[nH]cc(C(C)C)c2n1)C(C)(C)O. The van der Waals surface area contributed by atoms with Gasteiger partial charge in [0, 0.05) is 12.4 Å². The fourth-order valence-electron chi connectivity index (χ4n) is 3.27. The van der Waals surface area contributed by atoms with Crippen LogP contribution >= 0.6 is 0 Å². The smallest absolute Gasteiger partial charge is 0.225 e. The maximum atomic E-state index is 10.4. The molecule has 7 heteroatoms. The van der Waals surface area contributed by atoms with Crippen LogP contribution in [0.4, 0.5) is 11.8 Å². The van der Waals surface area contributed by atoms with Gasteiger partial charge in [-0.05, 0) is 43.9 Å². The largest absolute Gasteiger partial charge is 0.388 e. The van der Waals surface area contributed by atoms with E-state index in [0.29, 0.717) is 18.4 Å². The van der Waals surface area contributed by atoms with Crippen molar-refractivity contribution in [3.63, 3.8) is 0 Å². The lowest BCUT2D eigenvalue weighted by molar-refractivity contribution is 0.0577. The van der Waals surface area contributed by atoms with Gasteiger partial charge in [0.15, 0.2) is 5.82 Å². The van der Waals surface area contributed by atoms with Gasteiger partial charge in [0.1, 0.15) is 5.52 Å². The van der Waals surface area contributed by atoms with E-state index < -0.39 is 5.60 Å². The zero-order chi connectivity index (χ0) is 20.3. The van der Waals surface area contributed by atoms with E-state index in [-0.39, 0.29) is 6.04 Å². The number of nitrogens with zero attached hydrogens (tertiary/aromatic N) is 3. The van der Waals surface area contributed by atoms with E-state index in [9.17, 15) is 5.11 Å². The Bertz CT molecular complexity index is 914. The summed E-state index contributed by atoms with van der Waals surface area (Å²) in [6, 6.07) is 5.68. The molecular formula is C21H30N6O. The van der Waals surface area contributed by atoms with Crippen molar-refractivity contribution in [2.24, 2.45) is 0 Å². The molecule has 3 aromatic rings. The summed E-state index contributed by atoms with van der Waals surface area (Å²) in [6.45, 7) is 10.5. The zero-order valence-corrected chi connectivity index (χ0v) is 17.2. The lowest BCUT2D eigenvalue weighted by atomic mass is 9.97. The molecule has 0 radical (unpaired) electrons. The molecule has 150 valence electrons. The summed E-state index contributed by atoms with van der Waals surface area (Å²) in [5, 5.41) is 17.1. The molecular weight excluding hydrogens is 352 g/mol. The van der Waals surface area contributed by atoms with Gasteiger partial charge in [0.25, 0.3) is 0 Å². The van der Waals surface area contributed by atoms with Gasteiger partial charge in [0.05, 0.1) is 29.4 Å². The van der Waals surface area contributed by atoms with Crippen molar-refractivity contribution >= 4 is 22.8 Å². The van der Waals surface area contributed by atoms with E-state index >= 15 is 0 Å². The maximum absolute atomic E-state index is 10.4. The van der Waals surface area contributed by atoms with E-state index in [0.717, 1.165) is 34.5 Å². The number of fused-ring (bicyclic) bond motifs is 1. The number of aliphatic hydroxyl groups is 1. The average molecular weight is 383 g/mol. The first-order valence-corrected chi connectivity index (χ1v) is 9.81. The first kappa shape index (κ1) is 20.1. The lowest BCUT2D eigenvalue weighted by Gasteiger charge is -2.29. The standard InChI is InChI=1S/C21H30N6O/c1-6-16(21(4,5)28)25-20-26-17-15(13(2)3)12-23-18(17)19(27-20)24-11-14-9-7-8-10-22-14/h7-10,12-13,16,23,28H,6,11H2,1-5H3,(H2,24,25,26,27)/t16-/m0/s1. The summed E-state index contributed by atoms with van der Waals surface area (Å²) < 4.78 is 0. The number of pyridine rings is 1. The summed E-state index contributed by atoms with van der Waals surface area (Å²) in [4.78, 5) is 17.1. The summed E-state index contributed by atoms with van der Waals surface area (Å²) in [6.07, 6.45) is 4.53. The van der Waals surface area contributed by atoms with E-state index in [2.05, 4.69) is 39.4 Å². The van der Waals surface area contributed by atoms with E-state index in [1.54, 1.807) is 20.0 Å². The Morgan fingerprint density at radius 3 is 2.61 bits per heavy atom. The van der Waals surface area contributed by atoms with Gasteiger partial charge in [-0.1, -0.05) is 26.8 Å². The molecule has 0 amide bonds. The molecule has 0 aliphatic carbocycles. The lowest BCUT2D eigenvalue weighted by Crippen LogP contribution is -2.41. The van der Waals surface area contributed by atoms with Gasteiger partial charge in [-0.3, -0.25) is 4.98 Å². The Kier molecular flexibility index (Phi) is 5.84. The third-order valence-corrected chi connectivity index (χ3v) is 4.90. The van der Waals surface area contributed by atoms with Crippen molar-refractivity contribution in [3.8, 4) is 0 Å². The van der Waals surface area contributed by atoms with Crippen LogP contribution in [0, 0.1) is 0 Å². The quantitative estimate of drug-likeness (QED) is 0.469. The van der Waals surface area contributed by atoms with Crippen LogP contribution in [-0.4, -0.2) is 36.7 Å². The Labute approximate surface area is 166 Å². The highest BCUT2D eigenvalue weighted by atomic mass is 16.3. The van der Waals surface area contributed by atoms with Crippen LogP contribution in [0.3, 0.4) is 0 Å². The molecule has 0 saturated carbocycles. The molecule has 0 bridgehead atoms. The van der Waals surface area contributed by atoms with Gasteiger partial charge in [-0.25, -0.2) is 4.98 Å². The highest BCUT2D eigenvalue weighted by Gasteiger charge is 2.26. The Morgan fingerprint density at radius 2 is 2.00 bits per heavy atom. The van der Waals surface area contributed by atoms with Crippen LogP contribution in [0.25, 0.3) is 11.0 Å². The van der Waals surface area contributed by atoms with Crippen molar-refractivity contribution in [1.82, 2.24) is 19.9 Å². The second-order valence-electron chi connectivity index (χ2n) is 7.95. The van der Waals surface area contributed by atoms with Crippen LogP contribution in [0.1, 0.15) is 58.2 Å². The molecule has 28 heavy (non-hydrogen) atoms. The summed E-state index contributed by atoms with van der Waals surface area (Å²) in [7, 11) is 0. The molecule has 0 unspecified atom stereocenters. The average Bonchev–Trinajstić information content (AvgIpc) is 3.08. The fourth-order valence-corrected chi connectivity index (χ4v) is 3.27. The van der Waals surface area contributed by atoms with Crippen molar-refractivity contribution in [2.45, 2.75) is 65.1 Å². The monoisotopic (exact) mass is 382 g/mol. The highest BCUT2D eigenvalue weighted by molar-refractivity contribution is 5.89. The molecule has 0 aliphatic heterocycles. The fraction of sp³-hybridized carbons (Fsp3) is 0.476. The second kappa shape index (κ2) is 8.14. The molecule has 3 aromatic heterocycles. The van der Waals surface area contributed by atoms with E-state index in [1.807, 2.05) is 31.3 Å². The van der Waals surface area contributed by atoms with Crippen molar-refractivity contribution in [3.05, 3.63) is 41.9 Å². The number of aromatic nitrogens is 4. The van der Waals surface area contributed by atoms with Crippen LogP contribution < -0.4 is 10.6 Å². The van der Waals surface area contributed by atoms with Crippen LogP contribution in [0.15, 0.2) is 30.6 Å². The number of hydrogen-bond acceptors (Lipinski definition) is 6. The number of aromatic amines is 1. The normalized spacial score (nSPS) is 13.1. The summed E-state index contributed by atoms with van der Waals surface area (Å²) >= 11 is 0. The van der Waals surface area contributed by atoms with Crippen molar-refractivity contribution < 1.29 is 5.11 Å². The van der Waals surface area contributed by atoms with E-state index in [1.165, 1.54) is 0 Å². The van der Waals surface area contributed by atoms with Gasteiger partial charge < -0.3 is 20.7 Å². The predicted molar refractivity (Wildman–Crippen MR) is 114 cm³/mol. The molecule has 0 spiro atoms. The summed E-state index contributed by atoms with van der Waals surface area (Å²) in [5.41, 5.74) is 2.95. The minimum Gasteiger partial charge on any atom is -0.388 e. The molecule has 3 rings (SSSR count).